The molecule has 0 unspecified atom stereocenters. The quantitative estimate of drug-likeness (QED) is 0.133. The fraction of sp³-hybridized carbons (Fsp3) is 0.500. The Morgan fingerprint density at radius 1 is 0.897 bits per heavy atom. The standard InChI is InChI=1S/C30H38F3N3O3/c1-3-4-5-6-7-8-9-10-11-15-28-34-29(38-35-28)26-14-12-13-25(20-26)22-36(39-23(2)37)21-24-16-18-27(19-17-24)30(31,32)33/h12-14,16-20H,3-11,15,21-22H2,1-2H3. The number of halogens is 3. The van der Waals surface area contributed by atoms with Crippen LogP contribution >= 0.6 is 0 Å². The van der Waals surface area contributed by atoms with Crippen LogP contribution in [0.4, 0.5) is 13.2 Å². The highest BCUT2D eigenvalue weighted by molar-refractivity contribution is 5.65. The van der Waals surface area contributed by atoms with Crippen LogP contribution < -0.4 is 0 Å². The Balaban J connectivity index is 1.53. The van der Waals surface area contributed by atoms with E-state index in [4.69, 9.17) is 9.36 Å². The van der Waals surface area contributed by atoms with Crippen LogP contribution in [0.5, 0.6) is 0 Å². The third-order valence-corrected chi connectivity index (χ3v) is 6.40. The summed E-state index contributed by atoms with van der Waals surface area (Å²) in [5, 5.41) is 5.53. The number of nitrogens with zero attached hydrogens (tertiary/aromatic N) is 3. The Hall–Kier alpha value is -3.20. The number of aromatic nitrogens is 2. The minimum atomic E-state index is -4.41. The van der Waals surface area contributed by atoms with Gasteiger partial charge in [0.2, 0.25) is 0 Å². The number of unbranched alkanes of at least 4 members (excludes halogenated alkanes) is 8. The maximum absolute atomic E-state index is 12.9. The lowest BCUT2D eigenvalue weighted by Crippen LogP contribution is -2.25. The molecule has 212 valence electrons. The van der Waals surface area contributed by atoms with Gasteiger partial charge in [-0.25, -0.2) is 0 Å². The molecule has 0 saturated heterocycles. The molecule has 0 aliphatic heterocycles. The Kier molecular flexibility index (Phi) is 12.0. The van der Waals surface area contributed by atoms with Gasteiger partial charge in [-0.3, -0.25) is 4.79 Å². The highest BCUT2D eigenvalue weighted by atomic mass is 19.4. The van der Waals surface area contributed by atoms with E-state index in [-0.39, 0.29) is 13.1 Å². The molecule has 1 heterocycles. The lowest BCUT2D eigenvalue weighted by Gasteiger charge is -2.21. The first-order chi connectivity index (χ1) is 18.7. The van der Waals surface area contributed by atoms with Crippen LogP contribution in [-0.4, -0.2) is 21.2 Å². The molecule has 0 atom stereocenters. The molecular formula is C30H38F3N3O3. The first kappa shape index (κ1) is 30.3. The molecule has 0 radical (unpaired) electrons. The largest absolute Gasteiger partial charge is 0.416 e. The van der Waals surface area contributed by atoms with Gasteiger partial charge in [-0.15, -0.1) is 5.06 Å². The number of rotatable bonds is 16. The van der Waals surface area contributed by atoms with Crippen LogP contribution in [0.2, 0.25) is 0 Å². The van der Waals surface area contributed by atoms with Gasteiger partial charge in [-0.2, -0.15) is 18.2 Å². The molecule has 0 fully saturated rings. The zero-order chi connectivity index (χ0) is 28.1. The van der Waals surface area contributed by atoms with Crippen molar-refractivity contribution in [1.82, 2.24) is 15.2 Å². The topological polar surface area (TPSA) is 68.5 Å². The van der Waals surface area contributed by atoms with Gasteiger partial charge in [0.05, 0.1) is 18.7 Å². The van der Waals surface area contributed by atoms with E-state index < -0.39 is 17.7 Å². The van der Waals surface area contributed by atoms with Gasteiger partial charge in [0, 0.05) is 18.9 Å². The molecule has 9 heteroatoms. The van der Waals surface area contributed by atoms with Crippen molar-refractivity contribution in [3.8, 4) is 11.5 Å². The van der Waals surface area contributed by atoms with Crippen molar-refractivity contribution < 1.29 is 27.3 Å². The Labute approximate surface area is 228 Å². The lowest BCUT2D eigenvalue weighted by atomic mass is 10.1. The number of alkyl halides is 3. The Morgan fingerprint density at radius 2 is 1.54 bits per heavy atom. The van der Waals surface area contributed by atoms with E-state index in [2.05, 4.69) is 17.1 Å². The number of hydroxylamine groups is 2. The molecule has 3 aromatic rings. The Bertz CT molecular complexity index is 1150. The van der Waals surface area contributed by atoms with E-state index >= 15 is 0 Å². The number of carbonyl (C=O) groups is 1. The summed E-state index contributed by atoms with van der Waals surface area (Å²) >= 11 is 0. The number of benzene rings is 2. The molecule has 3 rings (SSSR count). The van der Waals surface area contributed by atoms with Crippen molar-refractivity contribution in [2.24, 2.45) is 0 Å². The smallest absolute Gasteiger partial charge is 0.368 e. The minimum Gasteiger partial charge on any atom is -0.368 e. The van der Waals surface area contributed by atoms with Gasteiger partial charge in [-0.1, -0.05) is 87.7 Å². The first-order valence-corrected chi connectivity index (χ1v) is 13.8. The summed E-state index contributed by atoms with van der Waals surface area (Å²) in [7, 11) is 0. The molecule has 0 saturated carbocycles. The highest BCUT2D eigenvalue weighted by Gasteiger charge is 2.30. The van der Waals surface area contributed by atoms with Gasteiger partial charge >= 0.3 is 12.1 Å². The molecule has 0 aliphatic carbocycles. The van der Waals surface area contributed by atoms with Crippen molar-refractivity contribution in [2.75, 3.05) is 0 Å². The summed E-state index contributed by atoms with van der Waals surface area (Å²) in [5.41, 5.74) is 1.42. The van der Waals surface area contributed by atoms with Crippen molar-refractivity contribution in [3.63, 3.8) is 0 Å². The van der Waals surface area contributed by atoms with E-state index in [1.807, 2.05) is 24.3 Å². The van der Waals surface area contributed by atoms with Gasteiger partial charge in [0.1, 0.15) is 0 Å². The SMILES string of the molecule is CCCCCCCCCCCc1noc(-c2cccc(CN(Cc3ccc(C(F)(F)F)cc3)OC(C)=O)c2)n1. The average Bonchev–Trinajstić information content (AvgIpc) is 3.36. The summed E-state index contributed by atoms with van der Waals surface area (Å²) in [6.45, 7) is 3.87. The third kappa shape index (κ3) is 10.8. The average molecular weight is 546 g/mol. The highest BCUT2D eigenvalue weighted by Crippen LogP contribution is 2.29. The fourth-order valence-corrected chi connectivity index (χ4v) is 4.38. The summed E-state index contributed by atoms with van der Waals surface area (Å²) in [5.74, 6) is 0.586. The maximum atomic E-state index is 12.9. The van der Waals surface area contributed by atoms with E-state index in [9.17, 15) is 18.0 Å². The second-order valence-corrected chi connectivity index (χ2v) is 9.87. The predicted octanol–water partition coefficient (Wildman–Crippen LogP) is 8.31. The molecule has 0 spiro atoms. The fourth-order valence-electron chi connectivity index (χ4n) is 4.38. The van der Waals surface area contributed by atoms with Crippen LogP contribution in [0.3, 0.4) is 0 Å². The predicted molar refractivity (Wildman–Crippen MR) is 143 cm³/mol. The van der Waals surface area contributed by atoms with E-state index in [0.717, 1.165) is 42.5 Å². The van der Waals surface area contributed by atoms with Crippen molar-refractivity contribution >= 4 is 5.97 Å². The van der Waals surface area contributed by atoms with Crippen LogP contribution in [0, 0.1) is 0 Å². The monoisotopic (exact) mass is 545 g/mol. The Morgan fingerprint density at radius 3 is 2.18 bits per heavy atom. The molecule has 39 heavy (non-hydrogen) atoms. The van der Waals surface area contributed by atoms with Gasteiger partial charge in [0.25, 0.3) is 5.89 Å². The minimum absolute atomic E-state index is 0.130. The zero-order valence-electron chi connectivity index (χ0n) is 22.8. The molecule has 0 amide bonds. The summed E-state index contributed by atoms with van der Waals surface area (Å²) in [6.07, 6.45) is 7.62. The lowest BCUT2D eigenvalue weighted by molar-refractivity contribution is -0.194. The van der Waals surface area contributed by atoms with E-state index in [0.29, 0.717) is 17.3 Å². The third-order valence-electron chi connectivity index (χ3n) is 6.40. The number of hydrogen-bond donors (Lipinski definition) is 0. The summed E-state index contributed by atoms with van der Waals surface area (Å²) < 4.78 is 44.1. The van der Waals surface area contributed by atoms with Gasteiger partial charge in [0.15, 0.2) is 5.82 Å². The number of carbonyl (C=O) groups excluding carboxylic acids is 1. The van der Waals surface area contributed by atoms with Crippen LogP contribution in [0.1, 0.15) is 94.1 Å². The first-order valence-electron chi connectivity index (χ1n) is 13.8. The molecule has 1 aromatic heterocycles. The van der Waals surface area contributed by atoms with E-state index in [1.165, 1.54) is 69.1 Å². The molecule has 0 N–H and O–H groups in total. The molecule has 0 aliphatic rings. The number of aryl methyl sites for hydroxylation is 1. The van der Waals surface area contributed by atoms with Crippen molar-refractivity contribution in [2.45, 2.75) is 97.3 Å². The summed E-state index contributed by atoms with van der Waals surface area (Å²) in [4.78, 5) is 21.5. The van der Waals surface area contributed by atoms with E-state index in [1.54, 1.807) is 0 Å². The van der Waals surface area contributed by atoms with Crippen LogP contribution in [0.25, 0.3) is 11.5 Å². The van der Waals surface area contributed by atoms with Crippen LogP contribution in [0.15, 0.2) is 53.1 Å². The van der Waals surface area contributed by atoms with Gasteiger partial charge in [-0.05, 0) is 41.8 Å². The van der Waals surface area contributed by atoms with Crippen LogP contribution in [-0.2, 0) is 35.3 Å². The molecule has 6 nitrogen and oxygen atoms in total. The maximum Gasteiger partial charge on any atom is 0.416 e. The number of hydrogen-bond acceptors (Lipinski definition) is 6. The normalized spacial score (nSPS) is 11.7. The molecule has 0 bridgehead atoms. The zero-order valence-corrected chi connectivity index (χ0v) is 22.8. The second-order valence-electron chi connectivity index (χ2n) is 9.87. The molecule has 2 aromatic carbocycles. The van der Waals surface area contributed by atoms with Crippen molar-refractivity contribution in [1.29, 1.82) is 0 Å². The summed E-state index contributed by atoms with van der Waals surface area (Å²) in [6, 6.07) is 12.2. The van der Waals surface area contributed by atoms with Crippen molar-refractivity contribution in [3.05, 3.63) is 71.0 Å². The molecular weight excluding hydrogens is 507 g/mol. The second kappa shape index (κ2) is 15.4. The van der Waals surface area contributed by atoms with Gasteiger partial charge < -0.3 is 9.36 Å².